The molecule has 0 spiro atoms. The van der Waals surface area contributed by atoms with Gasteiger partial charge in [-0.1, -0.05) is 18.2 Å². The number of para-hydroxylation sites is 1. The number of carbonyl (C=O) groups excluding carboxylic acids is 1. The number of carbonyl (C=O) groups is 1. The second-order valence-corrected chi connectivity index (χ2v) is 5.00. The number of rotatable bonds is 2. The Bertz CT molecular complexity index is 548. The van der Waals surface area contributed by atoms with Crippen LogP contribution in [0.1, 0.15) is 22.1 Å². The predicted molar refractivity (Wildman–Crippen MR) is 79.1 cm³/mol. The van der Waals surface area contributed by atoms with Crippen LogP contribution < -0.4 is 4.90 Å². The number of ether oxygens (including phenoxy) is 1. The third kappa shape index (κ3) is 3.57. The molecule has 0 bridgehead atoms. The molecule has 0 saturated heterocycles. The molecule has 0 aliphatic heterocycles. The largest absolute Gasteiger partial charge is 0.443 e. The van der Waals surface area contributed by atoms with E-state index in [0.717, 1.165) is 0 Å². The molecule has 104 valence electrons. The van der Waals surface area contributed by atoms with Crippen LogP contribution >= 0.6 is 0 Å². The molecule has 2 rings (SSSR count). The lowest BCUT2D eigenvalue weighted by molar-refractivity contribution is 0.0599. The third-order valence-corrected chi connectivity index (χ3v) is 2.48. The number of hydrogen-bond acceptors (Lipinski definition) is 3. The molecule has 1 heterocycles. The standard InChI is InChI=1S/C16H18N2O2/c1-16(2,3)20-15(19)18(13-7-5-4-6-8-13)14-9-11-17-12-10-14/h4-12H,1-3H3/i1D. The summed E-state index contributed by atoms with van der Waals surface area (Å²) >= 11 is 0. The summed E-state index contributed by atoms with van der Waals surface area (Å²) in [7, 11) is 0. The summed E-state index contributed by atoms with van der Waals surface area (Å²) in [5.41, 5.74) is 0.536. The van der Waals surface area contributed by atoms with Crippen LogP contribution in [0.4, 0.5) is 16.2 Å². The van der Waals surface area contributed by atoms with Crippen LogP contribution in [0.2, 0.25) is 0 Å². The molecule has 0 unspecified atom stereocenters. The van der Waals surface area contributed by atoms with Crippen molar-refractivity contribution in [2.75, 3.05) is 4.90 Å². The zero-order valence-corrected chi connectivity index (χ0v) is 11.6. The average molecular weight is 271 g/mol. The monoisotopic (exact) mass is 271 g/mol. The Labute approximate surface area is 120 Å². The van der Waals surface area contributed by atoms with Gasteiger partial charge in [0.05, 0.1) is 11.4 Å². The van der Waals surface area contributed by atoms with Gasteiger partial charge in [0.2, 0.25) is 0 Å². The first kappa shape index (κ1) is 12.7. The zero-order valence-electron chi connectivity index (χ0n) is 12.6. The maximum Gasteiger partial charge on any atom is 0.419 e. The maximum atomic E-state index is 12.5. The number of amides is 1. The van der Waals surface area contributed by atoms with E-state index < -0.39 is 11.7 Å². The number of anilines is 2. The first-order chi connectivity index (χ1) is 10.0. The van der Waals surface area contributed by atoms with Gasteiger partial charge in [-0.15, -0.1) is 0 Å². The van der Waals surface area contributed by atoms with E-state index in [0.29, 0.717) is 11.4 Å². The van der Waals surface area contributed by atoms with E-state index in [-0.39, 0.29) is 6.90 Å². The van der Waals surface area contributed by atoms with E-state index in [1.165, 1.54) is 4.90 Å². The number of aromatic nitrogens is 1. The number of benzene rings is 1. The van der Waals surface area contributed by atoms with Gasteiger partial charge in [-0.3, -0.25) is 4.98 Å². The van der Waals surface area contributed by atoms with E-state index in [9.17, 15) is 4.79 Å². The Kier molecular flexibility index (Phi) is 3.63. The minimum atomic E-state index is -0.836. The lowest BCUT2D eigenvalue weighted by Crippen LogP contribution is -2.33. The van der Waals surface area contributed by atoms with Gasteiger partial charge in [0, 0.05) is 13.8 Å². The quantitative estimate of drug-likeness (QED) is 0.823. The highest BCUT2D eigenvalue weighted by molar-refractivity contribution is 5.96. The minimum absolute atomic E-state index is 0.00227. The van der Waals surface area contributed by atoms with Gasteiger partial charge in [0.1, 0.15) is 5.60 Å². The summed E-state index contributed by atoms with van der Waals surface area (Å²) in [6, 6.07) is 12.7. The first-order valence-corrected chi connectivity index (χ1v) is 6.31. The normalized spacial score (nSPS) is 11.6. The highest BCUT2D eigenvalue weighted by atomic mass is 16.6. The van der Waals surface area contributed by atoms with E-state index >= 15 is 0 Å². The number of nitrogens with zero attached hydrogens (tertiary/aromatic N) is 2. The van der Waals surface area contributed by atoms with Crippen LogP contribution in [0.25, 0.3) is 0 Å². The highest BCUT2D eigenvalue weighted by Gasteiger charge is 2.24. The van der Waals surface area contributed by atoms with Crippen molar-refractivity contribution in [1.29, 1.82) is 0 Å². The Balaban J connectivity index is 2.36. The van der Waals surface area contributed by atoms with Gasteiger partial charge in [-0.2, -0.15) is 0 Å². The predicted octanol–water partition coefficient (Wildman–Crippen LogP) is 4.15. The molecule has 0 atom stereocenters. The number of pyridine rings is 1. The smallest absolute Gasteiger partial charge is 0.419 e. The van der Waals surface area contributed by atoms with E-state index in [2.05, 4.69) is 4.98 Å². The summed E-state index contributed by atoms with van der Waals surface area (Å²) < 4.78 is 12.9. The van der Waals surface area contributed by atoms with Gasteiger partial charge < -0.3 is 4.74 Å². The van der Waals surface area contributed by atoms with Gasteiger partial charge in [-0.25, -0.2) is 9.69 Å². The van der Waals surface area contributed by atoms with E-state index in [1.807, 2.05) is 30.3 Å². The molecule has 4 heteroatoms. The molecule has 0 saturated carbocycles. The summed E-state index contributed by atoms with van der Waals surface area (Å²) in [5.74, 6) is 0. The molecule has 2 aromatic rings. The highest BCUT2D eigenvalue weighted by Crippen LogP contribution is 2.26. The van der Waals surface area contributed by atoms with Crippen LogP contribution in [-0.2, 0) is 4.74 Å². The molecule has 1 aromatic heterocycles. The van der Waals surface area contributed by atoms with Gasteiger partial charge >= 0.3 is 6.09 Å². The minimum Gasteiger partial charge on any atom is -0.443 e. The lowest BCUT2D eigenvalue weighted by atomic mass is 10.2. The van der Waals surface area contributed by atoms with Crippen molar-refractivity contribution < 1.29 is 10.9 Å². The van der Waals surface area contributed by atoms with E-state index in [4.69, 9.17) is 6.11 Å². The first-order valence-electron chi connectivity index (χ1n) is 7.01. The number of hydrogen-bond donors (Lipinski definition) is 0. The molecule has 0 N–H and O–H groups in total. The fourth-order valence-electron chi connectivity index (χ4n) is 1.71. The molecule has 0 aliphatic carbocycles. The zero-order chi connectivity index (χ0) is 15.3. The topological polar surface area (TPSA) is 42.4 Å². The SMILES string of the molecule is [2H]CC(C)(C)OC(=O)N(c1ccccc1)c1ccncc1. The van der Waals surface area contributed by atoms with Gasteiger partial charge in [0.15, 0.2) is 0 Å². The van der Waals surface area contributed by atoms with Crippen molar-refractivity contribution in [2.24, 2.45) is 0 Å². The Morgan fingerprint density at radius 2 is 1.75 bits per heavy atom. The summed E-state index contributed by atoms with van der Waals surface area (Å²) in [4.78, 5) is 18.0. The fourth-order valence-corrected chi connectivity index (χ4v) is 1.71. The van der Waals surface area contributed by atoms with Crippen molar-refractivity contribution in [2.45, 2.75) is 26.3 Å². The van der Waals surface area contributed by atoms with Crippen LogP contribution in [0.15, 0.2) is 54.9 Å². The Morgan fingerprint density at radius 1 is 1.15 bits per heavy atom. The fraction of sp³-hybridized carbons (Fsp3) is 0.250. The van der Waals surface area contributed by atoms with Gasteiger partial charge in [-0.05, 0) is 45.0 Å². The van der Waals surface area contributed by atoms with Gasteiger partial charge in [0.25, 0.3) is 0 Å². The van der Waals surface area contributed by atoms with Crippen molar-refractivity contribution >= 4 is 17.5 Å². The van der Waals surface area contributed by atoms with Crippen LogP contribution in [0, 0.1) is 0 Å². The molecule has 0 fully saturated rings. The Morgan fingerprint density at radius 3 is 2.35 bits per heavy atom. The second-order valence-electron chi connectivity index (χ2n) is 5.00. The molecule has 1 amide bonds. The molecule has 20 heavy (non-hydrogen) atoms. The molecule has 4 nitrogen and oxygen atoms in total. The molecular formula is C16H18N2O2. The molecule has 0 aliphatic rings. The Hall–Kier alpha value is -2.36. The third-order valence-electron chi connectivity index (χ3n) is 2.48. The molecule has 1 aromatic carbocycles. The average Bonchev–Trinajstić information content (AvgIpc) is 2.49. The van der Waals surface area contributed by atoms with Crippen LogP contribution in [0.3, 0.4) is 0 Å². The van der Waals surface area contributed by atoms with Crippen molar-refractivity contribution in [3.8, 4) is 0 Å². The van der Waals surface area contributed by atoms with Crippen molar-refractivity contribution in [3.63, 3.8) is 0 Å². The van der Waals surface area contributed by atoms with Crippen LogP contribution in [0.5, 0.6) is 0 Å². The lowest BCUT2D eigenvalue weighted by Gasteiger charge is -2.27. The molecular weight excluding hydrogens is 252 g/mol. The summed E-state index contributed by atoms with van der Waals surface area (Å²) in [6.45, 7) is 3.43. The van der Waals surface area contributed by atoms with Crippen LogP contribution in [-0.4, -0.2) is 16.7 Å². The van der Waals surface area contributed by atoms with Crippen molar-refractivity contribution in [3.05, 3.63) is 54.9 Å². The summed E-state index contributed by atoms with van der Waals surface area (Å²) in [6.07, 6.45) is 2.73. The maximum absolute atomic E-state index is 12.5. The summed E-state index contributed by atoms with van der Waals surface area (Å²) in [5, 5.41) is 0. The van der Waals surface area contributed by atoms with E-state index in [1.54, 1.807) is 38.4 Å². The second kappa shape index (κ2) is 5.74. The molecule has 0 radical (unpaired) electrons. The van der Waals surface area contributed by atoms with Crippen molar-refractivity contribution in [1.82, 2.24) is 4.98 Å².